The van der Waals surface area contributed by atoms with Crippen LogP contribution in [0.25, 0.3) is 21.6 Å². The van der Waals surface area contributed by atoms with E-state index in [1.807, 2.05) is 35.7 Å². The molecule has 0 bridgehead atoms. The summed E-state index contributed by atoms with van der Waals surface area (Å²) < 4.78 is 5.07. The minimum absolute atomic E-state index is 0.618. The van der Waals surface area contributed by atoms with Gasteiger partial charge in [-0.1, -0.05) is 17.7 Å². The standard InChI is InChI=1S/C15H14ClN3OS/c1-20-7-6-17-14-11-5-4-10(16)9-12(11)18-15(19-14)13-3-2-8-21-13/h2-5,8-9H,6-7H2,1H3,(H,17,18,19). The van der Waals surface area contributed by atoms with Crippen LogP contribution in [0.3, 0.4) is 0 Å². The number of halogens is 1. The third-order valence-electron chi connectivity index (χ3n) is 3.00. The number of nitrogens with zero attached hydrogens (tertiary/aromatic N) is 2. The van der Waals surface area contributed by atoms with Crippen molar-refractivity contribution in [3.63, 3.8) is 0 Å². The molecule has 0 fully saturated rings. The lowest BCUT2D eigenvalue weighted by Gasteiger charge is -2.10. The third kappa shape index (κ3) is 3.15. The van der Waals surface area contributed by atoms with E-state index in [1.165, 1.54) is 0 Å². The summed E-state index contributed by atoms with van der Waals surface area (Å²) in [5.74, 6) is 1.51. The van der Waals surface area contributed by atoms with E-state index in [0.717, 1.165) is 21.6 Å². The lowest BCUT2D eigenvalue weighted by Crippen LogP contribution is -2.10. The van der Waals surface area contributed by atoms with Crippen molar-refractivity contribution in [2.45, 2.75) is 0 Å². The first-order valence-electron chi connectivity index (χ1n) is 6.52. The van der Waals surface area contributed by atoms with Crippen LogP contribution in [0.4, 0.5) is 5.82 Å². The van der Waals surface area contributed by atoms with E-state index in [-0.39, 0.29) is 0 Å². The maximum absolute atomic E-state index is 6.08. The van der Waals surface area contributed by atoms with Crippen LogP contribution in [-0.4, -0.2) is 30.2 Å². The average Bonchev–Trinajstić information content (AvgIpc) is 3.01. The van der Waals surface area contributed by atoms with Crippen molar-refractivity contribution >= 4 is 39.7 Å². The molecule has 0 unspecified atom stereocenters. The van der Waals surface area contributed by atoms with Crippen LogP contribution in [0.2, 0.25) is 5.02 Å². The molecule has 0 aliphatic rings. The fraction of sp³-hybridized carbons (Fsp3) is 0.200. The van der Waals surface area contributed by atoms with E-state index >= 15 is 0 Å². The minimum Gasteiger partial charge on any atom is -0.383 e. The number of hydrogen-bond donors (Lipinski definition) is 1. The predicted molar refractivity (Wildman–Crippen MR) is 88.2 cm³/mol. The molecular formula is C15H14ClN3OS. The van der Waals surface area contributed by atoms with Crippen LogP contribution >= 0.6 is 22.9 Å². The predicted octanol–water partition coefficient (Wildman–Crippen LogP) is 4.07. The maximum atomic E-state index is 6.08. The molecule has 1 aromatic carbocycles. The van der Waals surface area contributed by atoms with Gasteiger partial charge in [-0.25, -0.2) is 9.97 Å². The highest BCUT2D eigenvalue weighted by Crippen LogP contribution is 2.28. The van der Waals surface area contributed by atoms with E-state index in [0.29, 0.717) is 24.0 Å². The summed E-state index contributed by atoms with van der Waals surface area (Å²) in [6.45, 7) is 1.31. The van der Waals surface area contributed by atoms with Crippen LogP contribution in [0, 0.1) is 0 Å². The normalized spacial score (nSPS) is 11.0. The quantitative estimate of drug-likeness (QED) is 0.720. The molecule has 3 rings (SSSR count). The average molecular weight is 320 g/mol. The number of aromatic nitrogens is 2. The molecule has 2 aromatic heterocycles. The van der Waals surface area contributed by atoms with Gasteiger partial charge in [-0.15, -0.1) is 11.3 Å². The number of anilines is 1. The summed E-state index contributed by atoms with van der Waals surface area (Å²) in [4.78, 5) is 10.3. The summed E-state index contributed by atoms with van der Waals surface area (Å²) in [6.07, 6.45) is 0. The Kier molecular flexibility index (Phi) is 4.34. The van der Waals surface area contributed by atoms with Crippen molar-refractivity contribution in [2.24, 2.45) is 0 Å². The maximum Gasteiger partial charge on any atom is 0.172 e. The number of rotatable bonds is 5. The summed E-state index contributed by atoms with van der Waals surface area (Å²) in [6, 6.07) is 9.64. The molecule has 0 atom stereocenters. The zero-order valence-corrected chi connectivity index (χ0v) is 13.0. The van der Waals surface area contributed by atoms with Gasteiger partial charge in [-0.2, -0.15) is 0 Å². The molecule has 0 amide bonds. The Morgan fingerprint density at radius 2 is 2.19 bits per heavy atom. The molecular weight excluding hydrogens is 306 g/mol. The van der Waals surface area contributed by atoms with E-state index < -0.39 is 0 Å². The van der Waals surface area contributed by atoms with Gasteiger partial charge in [0.2, 0.25) is 0 Å². The smallest absolute Gasteiger partial charge is 0.172 e. The van der Waals surface area contributed by atoms with E-state index in [2.05, 4.69) is 15.3 Å². The van der Waals surface area contributed by atoms with E-state index in [1.54, 1.807) is 18.4 Å². The number of nitrogens with one attached hydrogen (secondary N) is 1. The number of hydrogen-bond acceptors (Lipinski definition) is 5. The summed E-state index contributed by atoms with van der Waals surface area (Å²) in [5, 5.41) is 6.93. The molecule has 108 valence electrons. The minimum atomic E-state index is 0.618. The highest BCUT2D eigenvalue weighted by Gasteiger charge is 2.10. The van der Waals surface area contributed by atoms with Crippen LogP contribution in [0.15, 0.2) is 35.7 Å². The van der Waals surface area contributed by atoms with Crippen LogP contribution in [0.5, 0.6) is 0 Å². The zero-order chi connectivity index (χ0) is 14.7. The number of methoxy groups -OCH3 is 1. The van der Waals surface area contributed by atoms with Gasteiger partial charge in [0.1, 0.15) is 5.82 Å². The first-order chi connectivity index (χ1) is 10.3. The highest BCUT2D eigenvalue weighted by atomic mass is 35.5. The number of benzene rings is 1. The first kappa shape index (κ1) is 14.3. The fourth-order valence-electron chi connectivity index (χ4n) is 2.02. The van der Waals surface area contributed by atoms with Crippen LogP contribution in [0.1, 0.15) is 0 Å². The van der Waals surface area contributed by atoms with Gasteiger partial charge in [-0.05, 0) is 29.6 Å². The third-order valence-corrected chi connectivity index (χ3v) is 4.10. The second-order valence-corrected chi connectivity index (χ2v) is 5.84. The first-order valence-corrected chi connectivity index (χ1v) is 7.77. The van der Waals surface area contributed by atoms with Crippen molar-refractivity contribution in [1.29, 1.82) is 0 Å². The second-order valence-electron chi connectivity index (χ2n) is 4.45. The molecule has 2 heterocycles. The van der Waals surface area contributed by atoms with Crippen molar-refractivity contribution in [3.05, 3.63) is 40.7 Å². The lowest BCUT2D eigenvalue weighted by molar-refractivity contribution is 0.210. The van der Waals surface area contributed by atoms with Crippen molar-refractivity contribution in [1.82, 2.24) is 9.97 Å². The Labute approximate surface area is 131 Å². The van der Waals surface area contributed by atoms with Crippen LogP contribution < -0.4 is 5.32 Å². The SMILES string of the molecule is COCCNc1nc(-c2cccs2)nc2cc(Cl)ccc12. The molecule has 3 aromatic rings. The van der Waals surface area contributed by atoms with Crippen LogP contribution in [-0.2, 0) is 4.74 Å². The van der Waals surface area contributed by atoms with E-state index in [9.17, 15) is 0 Å². The molecule has 0 radical (unpaired) electrons. The Balaban J connectivity index is 2.09. The van der Waals surface area contributed by atoms with Gasteiger partial charge < -0.3 is 10.1 Å². The highest BCUT2D eigenvalue weighted by molar-refractivity contribution is 7.13. The Morgan fingerprint density at radius 3 is 2.95 bits per heavy atom. The Bertz CT molecular complexity index is 746. The van der Waals surface area contributed by atoms with Gasteiger partial charge in [0.15, 0.2) is 5.82 Å². The summed E-state index contributed by atoms with van der Waals surface area (Å²) >= 11 is 7.69. The van der Waals surface area contributed by atoms with Gasteiger partial charge >= 0.3 is 0 Å². The van der Waals surface area contributed by atoms with Crippen molar-refractivity contribution < 1.29 is 4.74 Å². The molecule has 1 N–H and O–H groups in total. The Hall–Kier alpha value is -1.69. The molecule has 0 saturated heterocycles. The monoisotopic (exact) mass is 319 g/mol. The van der Waals surface area contributed by atoms with Crippen molar-refractivity contribution in [3.8, 4) is 10.7 Å². The molecule has 0 aliphatic carbocycles. The number of thiophene rings is 1. The molecule has 0 aliphatic heterocycles. The molecule has 4 nitrogen and oxygen atoms in total. The summed E-state index contributed by atoms with van der Waals surface area (Å²) in [5.41, 5.74) is 0.834. The van der Waals surface area contributed by atoms with Gasteiger partial charge in [0.25, 0.3) is 0 Å². The summed E-state index contributed by atoms with van der Waals surface area (Å²) in [7, 11) is 1.68. The van der Waals surface area contributed by atoms with Crippen molar-refractivity contribution in [2.75, 3.05) is 25.6 Å². The number of fused-ring (bicyclic) bond motifs is 1. The lowest BCUT2D eigenvalue weighted by atomic mass is 10.2. The number of ether oxygens (including phenoxy) is 1. The van der Waals surface area contributed by atoms with Gasteiger partial charge in [0.05, 0.1) is 17.0 Å². The van der Waals surface area contributed by atoms with Gasteiger partial charge in [0, 0.05) is 24.1 Å². The molecule has 6 heteroatoms. The zero-order valence-electron chi connectivity index (χ0n) is 11.5. The topological polar surface area (TPSA) is 47.0 Å². The Morgan fingerprint density at radius 1 is 1.29 bits per heavy atom. The van der Waals surface area contributed by atoms with Gasteiger partial charge in [-0.3, -0.25) is 0 Å². The molecule has 0 spiro atoms. The molecule has 0 saturated carbocycles. The fourth-order valence-corrected chi connectivity index (χ4v) is 2.85. The van der Waals surface area contributed by atoms with E-state index in [4.69, 9.17) is 16.3 Å². The molecule has 21 heavy (non-hydrogen) atoms. The second kappa shape index (κ2) is 6.39. The largest absolute Gasteiger partial charge is 0.383 e.